The fraction of sp³-hybridized carbons (Fsp3) is 0.821. The molecular formula is C28H53N. The van der Waals surface area contributed by atoms with Crippen LogP contribution in [-0.2, 0) is 0 Å². The summed E-state index contributed by atoms with van der Waals surface area (Å²) in [5, 5.41) is 0. The largest absolute Gasteiger partial charge is 0.291 e. The standard InChI is InChI=1S/C28H53N/c1-8-10-12-13-14-19-27(6)29-28(7)23-22-26(5)18-15-17-25(4)21-20-24(3)16-11-9-2/h18,21,24,27H,8-17,19-20,22-23H2,1-7H3/b25-21+,26-18+,29-28+. The second kappa shape index (κ2) is 19.1. The van der Waals surface area contributed by atoms with E-state index in [0.29, 0.717) is 6.04 Å². The minimum atomic E-state index is 0.494. The molecule has 29 heavy (non-hydrogen) atoms. The number of unbranched alkanes of at least 4 members (excludes halogenated alkanes) is 5. The van der Waals surface area contributed by atoms with Crippen LogP contribution in [-0.4, -0.2) is 11.8 Å². The molecule has 0 aromatic carbocycles. The summed E-state index contributed by atoms with van der Waals surface area (Å²) in [4.78, 5) is 4.92. The quantitative estimate of drug-likeness (QED) is 0.123. The van der Waals surface area contributed by atoms with Gasteiger partial charge < -0.3 is 0 Å². The molecule has 2 unspecified atom stereocenters. The first kappa shape index (κ1) is 28.1. The average molecular weight is 404 g/mol. The first-order valence-electron chi connectivity index (χ1n) is 12.7. The molecule has 0 aliphatic carbocycles. The molecule has 0 aromatic heterocycles. The topological polar surface area (TPSA) is 12.4 Å². The van der Waals surface area contributed by atoms with Gasteiger partial charge in [0.1, 0.15) is 0 Å². The van der Waals surface area contributed by atoms with E-state index in [2.05, 4.69) is 60.6 Å². The van der Waals surface area contributed by atoms with Gasteiger partial charge in [-0.25, -0.2) is 0 Å². The van der Waals surface area contributed by atoms with Crippen LogP contribution in [0.5, 0.6) is 0 Å². The second-order valence-electron chi connectivity index (χ2n) is 9.54. The van der Waals surface area contributed by atoms with E-state index in [9.17, 15) is 0 Å². The summed E-state index contributed by atoms with van der Waals surface area (Å²) >= 11 is 0. The maximum absolute atomic E-state index is 4.92. The molecule has 2 atom stereocenters. The monoisotopic (exact) mass is 403 g/mol. The Labute approximate surface area is 184 Å². The summed E-state index contributed by atoms with van der Waals surface area (Å²) in [6.07, 6.45) is 23.0. The molecule has 0 saturated carbocycles. The van der Waals surface area contributed by atoms with Crippen molar-refractivity contribution in [3.05, 3.63) is 23.3 Å². The highest BCUT2D eigenvalue weighted by molar-refractivity contribution is 5.82. The highest BCUT2D eigenvalue weighted by Gasteiger charge is 2.02. The zero-order valence-electron chi connectivity index (χ0n) is 21.2. The van der Waals surface area contributed by atoms with Crippen molar-refractivity contribution < 1.29 is 0 Å². The van der Waals surface area contributed by atoms with E-state index in [-0.39, 0.29) is 0 Å². The first-order chi connectivity index (χ1) is 13.9. The van der Waals surface area contributed by atoms with Gasteiger partial charge in [-0.3, -0.25) is 4.99 Å². The van der Waals surface area contributed by atoms with Crippen LogP contribution in [0.15, 0.2) is 28.3 Å². The molecule has 0 heterocycles. The Morgan fingerprint density at radius 2 is 1.38 bits per heavy atom. The molecule has 170 valence electrons. The first-order valence-corrected chi connectivity index (χ1v) is 12.7. The van der Waals surface area contributed by atoms with Crippen LogP contribution in [0.3, 0.4) is 0 Å². The molecule has 0 N–H and O–H groups in total. The molecule has 0 saturated heterocycles. The van der Waals surface area contributed by atoms with Crippen LogP contribution in [0.25, 0.3) is 0 Å². The van der Waals surface area contributed by atoms with E-state index in [1.807, 2.05) is 0 Å². The summed E-state index contributed by atoms with van der Waals surface area (Å²) in [5.74, 6) is 0.836. The van der Waals surface area contributed by atoms with Gasteiger partial charge in [0.25, 0.3) is 0 Å². The minimum Gasteiger partial charge on any atom is -0.291 e. The van der Waals surface area contributed by atoms with Crippen LogP contribution in [0.4, 0.5) is 0 Å². The van der Waals surface area contributed by atoms with E-state index in [4.69, 9.17) is 4.99 Å². The summed E-state index contributed by atoms with van der Waals surface area (Å²) in [7, 11) is 0. The molecule has 0 radical (unpaired) electrons. The third-order valence-corrected chi connectivity index (χ3v) is 6.00. The lowest BCUT2D eigenvalue weighted by Gasteiger charge is -2.09. The predicted octanol–water partition coefficient (Wildman–Crippen LogP) is 9.87. The maximum Gasteiger partial charge on any atom is 0.0470 e. The van der Waals surface area contributed by atoms with E-state index in [0.717, 1.165) is 18.8 Å². The lowest BCUT2D eigenvalue weighted by Crippen LogP contribution is -2.03. The van der Waals surface area contributed by atoms with Crippen LogP contribution >= 0.6 is 0 Å². The molecule has 0 amide bonds. The Bertz CT molecular complexity index is 469. The van der Waals surface area contributed by atoms with Crippen LogP contribution in [0.1, 0.15) is 138 Å². The van der Waals surface area contributed by atoms with Gasteiger partial charge in [-0.1, -0.05) is 95.4 Å². The maximum atomic E-state index is 4.92. The fourth-order valence-electron chi connectivity index (χ4n) is 3.75. The third-order valence-electron chi connectivity index (χ3n) is 6.00. The summed E-state index contributed by atoms with van der Waals surface area (Å²) in [5.41, 5.74) is 4.41. The van der Waals surface area contributed by atoms with Crippen molar-refractivity contribution in [3.63, 3.8) is 0 Å². The lowest BCUT2D eigenvalue weighted by atomic mass is 9.98. The van der Waals surface area contributed by atoms with Crippen molar-refractivity contribution in [1.29, 1.82) is 0 Å². The molecule has 0 fully saturated rings. The van der Waals surface area contributed by atoms with Crippen molar-refractivity contribution in [2.75, 3.05) is 0 Å². The Balaban J connectivity index is 4.04. The van der Waals surface area contributed by atoms with Crippen LogP contribution in [0.2, 0.25) is 0 Å². The van der Waals surface area contributed by atoms with Gasteiger partial charge in [-0.05, 0) is 72.1 Å². The Hall–Kier alpha value is -0.850. The smallest absolute Gasteiger partial charge is 0.0470 e. The average Bonchev–Trinajstić information content (AvgIpc) is 2.69. The zero-order chi connectivity index (χ0) is 21.9. The van der Waals surface area contributed by atoms with Crippen molar-refractivity contribution in [1.82, 2.24) is 0 Å². The molecule has 1 nitrogen and oxygen atoms in total. The van der Waals surface area contributed by atoms with E-state index < -0.39 is 0 Å². The number of hydrogen-bond donors (Lipinski definition) is 0. The minimum absolute atomic E-state index is 0.494. The fourth-order valence-corrected chi connectivity index (χ4v) is 3.75. The lowest BCUT2D eigenvalue weighted by molar-refractivity contribution is 0.510. The van der Waals surface area contributed by atoms with Crippen molar-refractivity contribution in [2.24, 2.45) is 10.9 Å². The molecule has 0 aromatic rings. The SMILES string of the molecule is CCCCCCCC(C)/N=C(\C)CC/C(C)=C/CC/C(C)=C/CC(C)CCCC. The Morgan fingerprint density at radius 3 is 2.07 bits per heavy atom. The van der Waals surface area contributed by atoms with E-state index >= 15 is 0 Å². The summed E-state index contributed by atoms with van der Waals surface area (Å²) in [6, 6.07) is 0.494. The van der Waals surface area contributed by atoms with Gasteiger partial charge in [0, 0.05) is 11.8 Å². The van der Waals surface area contributed by atoms with Gasteiger partial charge in [0.15, 0.2) is 0 Å². The Morgan fingerprint density at radius 1 is 0.724 bits per heavy atom. The van der Waals surface area contributed by atoms with E-state index in [1.165, 1.54) is 88.3 Å². The van der Waals surface area contributed by atoms with Crippen LogP contribution < -0.4 is 0 Å². The van der Waals surface area contributed by atoms with Gasteiger partial charge >= 0.3 is 0 Å². The van der Waals surface area contributed by atoms with Crippen molar-refractivity contribution in [3.8, 4) is 0 Å². The normalized spacial score (nSPS) is 15.6. The van der Waals surface area contributed by atoms with E-state index in [1.54, 1.807) is 5.57 Å². The second-order valence-corrected chi connectivity index (χ2v) is 9.54. The predicted molar refractivity (Wildman–Crippen MR) is 135 cm³/mol. The molecule has 0 rings (SSSR count). The summed E-state index contributed by atoms with van der Waals surface area (Å²) in [6.45, 7) is 16.0. The molecule has 0 bridgehead atoms. The number of hydrogen-bond acceptors (Lipinski definition) is 1. The molecule has 1 heteroatoms. The van der Waals surface area contributed by atoms with Gasteiger partial charge in [0.05, 0.1) is 0 Å². The van der Waals surface area contributed by atoms with Gasteiger partial charge in [-0.2, -0.15) is 0 Å². The molecule has 0 aliphatic heterocycles. The number of allylic oxidation sites excluding steroid dienone is 4. The molecule has 0 spiro atoms. The van der Waals surface area contributed by atoms with Crippen molar-refractivity contribution in [2.45, 2.75) is 144 Å². The molecule has 0 aliphatic rings. The summed E-state index contributed by atoms with van der Waals surface area (Å²) < 4.78 is 0. The highest BCUT2D eigenvalue weighted by atomic mass is 14.8. The third kappa shape index (κ3) is 18.9. The number of rotatable bonds is 18. The highest BCUT2D eigenvalue weighted by Crippen LogP contribution is 2.16. The van der Waals surface area contributed by atoms with Crippen molar-refractivity contribution >= 4 is 5.71 Å². The van der Waals surface area contributed by atoms with Gasteiger partial charge in [0.2, 0.25) is 0 Å². The number of nitrogens with zero attached hydrogens (tertiary/aromatic N) is 1. The Kier molecular flexibility index (Phi) is 18.6. The zero-order valence-corrected chi connectivity index (χ0v) is 21.2. The van der Waals surface area contributed by atoms with Crippen LogP contribution in [0, 0.1) is 5.92 Å². The van der Waals surface area contributed by atoms with Gasteiger partial charge in [-0.15, -0.1) is 0 Å². The molecular weight excluding hydrogens is 350 g/mol. The number of aliphatic imine (C=N–C) groups is 1.